The van der Waals surface area contributed by atoms with Gasteiger partial charge < -0.3 is 0 Å². The number of ketones is 1. The van der Waals surface area contributed by atoms with Crippen molar-refractivity contribution < 1.29 is 4.79 Å². The maximum atomic E-state index is 11.6. The Kier molecular flexibility index (Phi) is 2.45. The van der Waals surface area contributed by atoms with Crippen LogP contribution < -0.4 is 0 Å². The minimum atomic E-state index is 0.138. The molecule has 0 atom stereocenters. The smallest absolute Gasteiger partial charge is 0.178 e. The van der Waals surface area contributed by atoms with E-state index in [2.05, 4.69) is 5.10 Å². The minimum Gasteiger partial charge on any atom is -0.293 e. The van der Waals surface area contributed by atoms with Crippen molar-refractivity contribution in [3.8, 4) is 0 Å². The molecule has 0 saturated carbocycles. The Morgan fingerprint density at radius 1 is 1.57 bits per heavy atom. The molecule has 14 heavy (non-hydrogen) atoms. The molecule has 0 amide bonds. The number of hydrogen-bond acceptors (Lipinski definition) is 3. The highest BCUT2D eigenvalue weighted by molar-refractivity contribution is 7.12. The summed E-state index contributed by atoms with van der Waals surface area (Å²) < 4.78 is 1.71. The van der Waals surface area contributed by atoms with Gasteiger partial charge in [-0.2, -0.15) is 5.10 Å². The summed E-state index contributed by atoms with van der Waals surface area (Å²) in [6, 6.07) is 5.60. The van der Waals surface area contributed by atoms with Crippen molar-refractivity contribution in [3.63, 3.8) is 0 Å². The second-order valence-electron chi connectivity index (χ2n) is 3.06. The Labute approximate surface area is 86.0 Å². The topological polar surface area (TPSA) is 34.9 Å². The van der Waals surface area contributed by atoms with Gasteiger partial charge in [0.1, 0.15) is 0 Å². The zero-order valence-corrected chi connectivity index (χ0v) is 8.62. The summed E-state index contributed by atoms with van der Waals surface area (Å²) in [4.78, 5) is 12.4. The number of aromatic nitrogens is 2. The lowest BCUT2D eigenvalue weighted by atomic mass is 10.2. The van der Waals surface area contributed by atoms with E-state index in [0.717, 1.165) is 10.6 Å². The van der Waals surface area contributed by atoms with E-state index in [1.54, 1.807) is 4.68 Å². The lowest BCUT2D eigenvalue weighted by Gasteiger charge is -1.93. The van der Waals surface area contributed by atoms with Crippen LogP contribution >= 0.6 is 11.3 Å². The third kappa shape index (κ3) is 1.90. The summed E-state index contributed by atoms with van der Waals surface area (Å²) in [5.74, 6) is 0.138. The molecule has 2 heterocycles. The zero-order chi connectivity index (χ0) is 9.97. The van der Waals surface area contributed by atoms with Gasteiger partial charge in [-0.25, -0.2) is 0 Å². The molecule has 2 aromatic heterocycles. The third-order valence-electron chi connectivity index (χ3n) is 1.91. The molecular weight excluding hydrogens is 196 g/mol. The number of nitrogens with zero attached hydrogens (tertiary/aromatic N) is 2. The number of thiophene rings is 1. The first kappa shape index (κ1) is 9.15. The van der Waals surface area contributed by atoms with Crippen LogP contribution in [0.1, 0.15) is 15.4 Å². The highest BCUT2D eigenvalue weighted by Crippen LogP contribution is 2.11. The molecule has 72 valence electrons. The van der Waals surface area contributed by atoms with Crippen molar-refractivity contribution in [2.24, 2.45) is 7.05 Å². The molecule has 0 spiro atoms. The summed E-state index contributed by atoms with van der Waals surface area (Å²) in [5, 5.41) is 6.07. The SMILES string of the molecule is Cn1ccc(CC(=O)c2cccs2)n1. The Balaban J connectivity index is 2.09. The Morgan fingerprint density at radius 3 is 3.00 bits per heavy atom. The van der Waals surface area contributed by atoms with E-state index in [4.69, 9.17) is 0 Å². The Bertz CT molecular complexity index is 431. The predicted octanol–water partition coefficient (Wildman–Crippen LogP) is 1.91. The molecule has 2 rings (SSSR count). The summed E-state index contributed by atoms with van der Waals surface area (Å²) in [6.07, 6.45) is 2.23. The van der Waals surface area contributed by atoms with Crippen LogP contribution in [0.15, 0.2) is 29.8 Å². The molecule has 0 aliphatic rings. The molecular formula is C10H10N2OS. The minimum absolute atomic E-state index is 0.138. The molecule has 0 unspecified atom stereocenters. The number of aryl methyl sites for hydroxylation is 1. The molecule has 0 radical (unpaired) electrons. The largest absolute Gasteiger partial charge is 0.293 e. The van der Waals surface area contributed by atoms with E-state index in [0.29, 0.717) is 6.42 Å². The number of Topliss-reactive ketones (excluding diaryl/α,β-unsaturated/α-hetero) is 1. The van der Waals surface area contributed by atoms with Crippen LogP contribution in [0.4, 0.5) is 0 Å². The first-order valence-corrected chi connectivity index (χ1v) is 5.19. The van der Waals surface area contributed by atoms with Crippen LogP contribution in [-0.4, -0.2) is 15.6 Å². The monoisotopic (exact) mass is 206 g/mol. The number of carbonyl (C=O) groups excluding carboxylic acids is 1. The van der Waals surface area contributed by atoms with Gasteiger partial charge in [-0.05, 0) is 17.5 Å². The Morgan fingerprint density at radius 2 is 2.43 bits per heavy atom. The van der Waals surface area contributed by atoms with Crippen LogP contribution in [0, 0.1) is 0 Å². The third-order valence-corrected chi connectivity index (χ3v) is 2.82. The summed E-state index contributed by atoms with van der Waals surface area (Å²) in [5.41, 5.74) is 0.825. The molecule has 0 aliphatic heterocycles. The van der Waals surface area contributed by atoms with E-state index < -0.39 is 0 Å². The highest BCUT2D eigenvalue weighted by atomic mass is 32.1. The fourth-order valence-corrected chi connectivity index (χ4v) is 1.91. The predicted molar refractivity (Wildman–Crippen MR) is 55.6 cm³/mol. The van der Waals surface area contributed by atoms with Crippen molar-refractivity contribution in [1.82, 2.24) is 9.78 Å². The van der Waals surface area contributed by atoms with E-state index in [1.807, 2.05) is 36.8 Å². The van der Waals surface area contributed by atoms with E-state index in [9.17, 15) is 4.79 Å². The van der Waals surface area contributed by atoms with Crippen LogP contribution in [-0.2, 0) is 13.5 Å². The van der Waals surface area contributed by atoms with Crippen molar-refractivity contribution in [2.75, 3.05) is 0 Å². The van der Waals surface area contributed by atoms with Crippen LogP contribution in [0.3, 0.4) is 0 Å². The van der Waals surface area contributed by atoms with Gasteiger partial charge in [-0.15, -0.1) is 11.3 Å². The second-order valence-corrected chi connectivity index (χ2v) is 4.01. The average molecular weight is 206 g/mol. The van der Waals surface area contributed by atoms with Crippen molar-refractivity contribution in [3.05, 3.63) is 40.3 Å². The molecule has 0 aromatic carbocycles. The van der Waals surface area contributed by atoms with Gasteiger partial charge in [0.2, 0.25) is 0 Å². The lowest BCUT2D eigenvalue weighted by molar-refractivity contribution is 0.0995. The van der Waals surface area contributed by atoms with E-state index in [1.165, 1.54) is 11.3 Å². The zero-order valence-electron chi connectivity index (χ0n) is 7.80. The number of rotatable bonds is 3. The maximum absolute atomic E-state index is 11.6. The molecule has 4 heteroatoms. The highest BCUT2D eigenvalue weighted by Gasteiger charge is 2.09. The van der Waals surface area contributed by atoms with Gasteiger partial charge in [0.05, 0.1) is 17.0 Å². The van der Waals surface area contributed by atoms with Gasteiger partial charge in [0.25, 0.3) is 0 Å². The quantitative estimate of drug-likeness (QED) is 0.719. The molecule has 0 fully saturated rings. The van der Waals surface area contributed by atoms with Crippen molar-refractivity contribution in [2.45, 2.75) is 6.42 Å². The van der Waals surface area contributed by atoms with Gasteiger partial charge in [0, 0.05) is 13.2 Å². The second kappa shape index (κ2) is 3.75. The molecule has 0 saturated heterocycles. The normalized spacial score (nSPS) is 10.4. The number of hydrogen-bond donors (Lipinski definition) is 0. The lowest BCUT2D eigenvalue weighted by Crippen LogP contribution is -2.02. The summed E-state index contributed by atoms with van der Waals surface area (Å²) >= 11 is 1.47. The van der Waals surface area contributed by atoms with Gasteiger partial charge in [0.15, 0.2) is 5.78 Å². The fourth-order valence-electron chi connectivity index (χ4n) is 1.25. The summed E-state index contributed by atoms with van der Waals surface area (Å²) in [6.45, 7) is 0. The summed E-state index contributed by atoms with van der Waals surface area (Å²) in [7, 11) is 1.85. The number of carbonyl (C=O) groups is 1. The van der Waals surface area contributed by atoms with Crippen LogP contribution in [0.5, 0.6) is 0 Å². The average Bonchev–Trinajstić information content (AvgIpc) is 2.75. The fraction of sp³-hybridized carbons (Fsp3) is 0.200. The molecule has 3 nitrogen and oxygen atoms in total. The van der Waals surface area contributed by atoms with Gasteiger partial charge in [-0.3, -0.25) is 9.48 Å². The van der Waals surface area contributed by atoms with Gasteiger partial charge in [-0.1, -0.05) is 6.07 Å². The van der Waals surface area contributed by atoms with Crippen LogP contribution in [0.2, 0.25) is 0 Å². The van der Waals surface area contributed by atoms with Crippen LogP contribution in [0.25, 0.3) is 0 Å². The first-order valence-electron chi connectivity index (χ1n) is 4.31. The van der Waals surface area contributed by atoms with Crippen molar-refractivity contribution in [1.29, 1.82) is 0 Å². The van der Waals surface area contributed by atoms with E-state index >= 15 is 0 Å². The molecule has 0 bridgehead atoms. The Hall–Kier alpha value is -1.42. The molecule has 0 N–H and O–H groups in total. The van der Waals surface area contributed by atoms with Crippen molar-refractivity contribution >= 4 is 17.1 Å². The molecule has 0 aliphatic carbocycles. The standard InChI is InChI=1S/C10H10N2OS/c1-12-5-4-8(11-12)7-9(13)10-3-2-6-14-10/h2-6H,7H2,1H3. The maximum Gasteiger partial charge on any atom is 0.178 e. The first-order chi connectivity index (χ1) is 6.75. The van der Waals surface area contributed by atoms with E-state index in [-0.39, 0.29) is 5.78 Å². The van der Waals surface area contributed by atoms with Gasteiger partial charge >= 0.3 is 0 Å². The molecule has 2 aromatic rings.